The molecule has 0 aliphatic carbocycles. The van der Waals surface area contributed by atoms with Crippen LogP contribution < -0.4 is 15.0 Å². The molecule has 0 bridgehead atoms. The van der Waals surface area contributed by atoms with E-state index < -0.39 is 6.04 Å². The molecule has 2 aromatic carbocycles. The summed E-state index contributed by atoms with van der Waals surface area (Å²) in [6, 6.07) is 11.3. The summed E-state index contributed by atoms with van der Waals surface area (Å²) in [6.45, 7) is 0.297. The van der Waals surface area contributed by atoms with Crippen LogP contribution in [0.25, 0.3) is 0 Å². The smallest absolute Gasteiger partial charge is 0.256 e. The van der Waals surface area contributed by atoms with Crippen LogP contribution in [-0.2, 0) is 9.59 Å². The summed E-state index contributed by atoms with van der Waals surface area (Å²) in [5, 5.41) is 3.18. The van der Waals surface area contributed by atoms with Crippen LogP contribution in [0.1, 0.15) is 23.2 Å². The summed E-state index contributed by atoms with van der Waals surface area (Å²) >= 11 is 6.10. The van der Waals surface area contributed by atoms with Crippen LogP contribution in [0.2, 0.25) is 5.02 Å². The van der Waals surface area contributed by atoms with Crippen molar-refractivity contribution in [2.45, 2.75) is 18.9 Å². The minimum atomic E-state index is -0.562. The molecular formula is C21H20ClN3O4. The first-order chi connectivity index (χ1) is 14.0. The summed E-state index contributed by atoms with van der Waals surface area (Å²) < 4.78 is 5.26. The summed E-state index contributed by atoms with van der Waals surface area (Å²) in [5.41, 5.74) is 1.24. The number of benzene rings is 2. The van der Waals surface area contributed by atoms with Gasteiger partial charge in [0.2, 0.25) is 11.8 Å². The van der Waals surface area contributed by atoms with Gasteiger partial charge in [-0.1, -0.05) is 23.7 Å². The molecule has 7 nitrogen and oxygen atoms in total. The molecule has 2 aromatic rings. The number of ether oxygens (including phenoxy) is 1. The molecule has 1 atom stereocenters. The van der Waals surface area contributed by atoms with E-state index in [0.717, 1.165) is 6.42 Å². The second-order valence-corrected chi connectivity index (χ2v) is 7.43. The Kier molecular flexibility index (Phi) is 5.15. The molecule has 0 unspecified atom stereocenters. The molecule has 8 heteroatoms. The van der Waals surface area contributed by atoms with Gasteiger partial charge in [0.25, 0.3) is 5.91 Å². The highest BCUT2D eigenvalue weighted by Gasteiger charge is 2.42. The third kappa shape index (κ3) is 3.53. The van der Waals surface area contributed by atoms with Gasteiger partial charge in [-0.05, 0) is 43.2 Å². The molecule has 150 valence electrons. The first-order valence-corrected chi connectivity index (χ1v) is 9.72. The lowest BCUT2D eigenvalue weighted by atomic mass is 10.1. The third-order valence-corrected chi connectivity index (χ3v) is 5.46. The fourth-order valence-electron chi connectivity index (χ4n) is 3.88. The monoisotopic (exact) mass is 413 g/mol. The van der Waals surface area contributed by atoms with Crippen molar-refractivity contribution in [2.75, 3.05) is 30.4 Å². The van der Waals surface area contributed by atoms with Crippen LogP contribution in [-0.4, -0.2) is 48.9 Å². The molecule has 3 amide bonds. The zero-order chi connectivity index (χ0) is 20.5. The lowest BCUT2D eigenvalue weighted by Crippen LogP contribution is -2.47. The van der Waals surface area contributed by atoms with Crippen LogP contribution in [0, 0.1) is 0 Å². The predicted molar refractivity (Wildman–Crippen MR) is 109 cm³/mol. The molecule has 0 spiro atoms. The van der Waals surface area contributed by atoms with Crippen LogP contribution in [0.3, 0.4) is 0 Å². The molecule has 0 saturated carbocycles. The molecule has 29 heavy (non-hydrogen) atoms. The van der Waals surface area contributed by atoms with E-state index in [1.807, 2.05) is 0 Å². The SMILES string of the molecule is COc1ccccc1NC(=O)CN1C(=O)[C@H]2CCCN2C(=O)c2cc(Cl)ccc21. The standard InChI is InChI=1S/C21H20ClN3O4/c1-29-18-7-3-2-5-15(18)23-19(26)12-25-16-9-8-13(22)11-14(16)20(27)24-10-4-6-17(24)21(25)28/h2-3,5,7-9,11,17H,4,6,10,12H2,1H3,(H,23,26)/t17-/m1/s1. The van der Waals surface area contributed by atoms with Crippen molar-refractivity contribution in [3.8, 4) is 5.75 Å². The molecule has 0 aromatic heterocycles. The number of nitrogens with one attached hydrogen (secondary N) is 1. The number of amides is 3. The summed E-state index contributed by atoms with van der Waals surface area (Å²) in [7, 11) is 1.52. The number of methoxy groups -OCH3 is 1. The Hall–Kier alpha value is -3.06. The minimum absolute atomic E-state index is 0.219. The number of nitrogens with zero attached hydrogens (tertiary/aromatic N) is 2. The Morgan fingerprint density at radius 3 is 2.83 bits per heavy atom. The summed E-state index contributed by atoms with van der Waals surface area (Å²) in [4.78, 5) is 41.9. The number of halogens is 1. The van der Waals surface area contributed by atoms with E-state index in [-0.39, 0.29) is 24.3 Å². The maximum absolute atomic E-state index is 13.2. The number of rotatable bonds is 4. The summed E-state index contributed by atoms with van der Waals surface area (Å²) in [5.74, 6) is -0.354. The zero-order valence-electron chi connectivity index (χ0n) is 15.9. The van der Waals surface area contributed by atoms with Crippen molar-refractivity contribution in [1.82, 2.24) is 4.90 Å². The van der Waals surface area contributed by atoms with Gasteiger partial charge < -0.3 is 19.9 Å². The Bertz CT molecular complexity index is 994. The molecular weight excluding hydrogens is 394 g/mol. The van der Waals surface area contributed by atoms with E-state index >= 15 is 0 Å². The molecule has 1 N–H and O–H groups in total. The topological polar surface area (TPSA) is 79.0 Å². The van der Waals surface area contributed by atoms with Crippen LogP contribution in [0.5, 0.6) is 5.75 Å². The lowest BCUT2D eigenvalue weighted by molar-refractivity contribution is -0.124. The number of anilines is 2. The summed E-state index contributed by atoms with van der Waals surface area (Å²) in [6.07, 6.45) is 1.33. The number of carbonyl (C=O) groups is 3. The Balaban J connectivity index is 1.66. The number of para-hydroxylation sites is 2. The lowest BCUT2D eigenvalue weighted by Gasteiger charge is -2.25. The number of hydrogen-bond acceptors (Lipinski definition) is 4. The molecule has 1 saturated heterocycles. The third-order valence-electron chi connectivity index (χ3n) is 5.23. The van der Waals surface area contributed by atoms with E-state index in [1.165, 1.54) is 12.0 Å². The Labute approximate surface area is 173 Å². The van der Waals surface area contributed by atoms with Crippen molar-refractivity contribution in [1.29, 1.82) is 0 Å². The molecule has 4 rings (SSSR count). The zero-order valence-corrected chi connectivity index (χ0v) is 16.6. The van der Waals surface area contributed by atoms with Gasteiger partial charge in [-0.25, -0.2) is 0 Å². The van der Waals surface area contributed by atoms with E-state index in [4.69, 9.17) is 16.3 Å². The highest BCUT2D eigenvalue weighted by atomic mass is 35.5. The van der Waals surface area contributed by atoms with Gasteiger partial charge in [-0.3, -0.25) is 14.4 Å². The van der Waals surface area contributed by atoms with E-state index in [0.29, 0.717) is 40.7 Å². The predicted octanol–water partition coefficient (Wildman–Crippen LogP) is 2.94. The maximum Gasteiger partial charge on any atom is 0.256 e. The van der Waals surface area contributed by atoms with Crippen molar-refractivity contribution in [2.24, 2.45) is 0 Å². The van der Waals surface area contributed by atoms with Crippen molar-refractivity contribution < 1.29 is 19.1 Å². The molecule has 0 radical (unpaired) electrons. The minimum Gasteiger partial charge on any atom is -0.495 e. The van der Waals surface area contributed by atoms with Gasteiger partial charge >= 0.3 is 0 Å². The number of fused-ring (bicyclic) bond motifs is 2. The first-order valence-electron chi connectivity index (χ1n) is 9.34. The quantitative estimate of drug-likeness (QED) is 0.835. The second-order valence-electron chi connectivity index (χ2n) is 6.99. The van der Waals surface area contributed by atoms with Gasteiger partial charge in [-0.15, -0.1) is 0 Å². The second kappa shape index (κ2) is 7.75. The fourth-order valence-corrected chi connectivity index (χ4v) is 4.05. The van der Waals surface area contributed by atoms with Gasteiger partial charge in [0.05, 0.1) is 24.0 Å². The molecule has 1 fully saturated rings. The average molecular weight is 414 g/mol. The van der Waals surface area contributed by atoms with Crippen molar-refractivity contribution in [3.63, 3.8) is 0 Å². The molecule has 2 aliphatic rings. The van der Waals surface area contributed by atoms with Crippen molar-refractivity contribution >= 4 is 40.7 Å². The van der Waals surface area contributed by atoms with Gasteiger partial charge in [0.1, 0.15) is 18.3 Å². The van der Waals surface area contributed by atoms with Crippen molar-refractivity contribution in [3.05, 3.63) is 53.1 Å². The maximum atomic E-state index is 13.2. The molecule has 2 heterocycles. The molecule has 2 aliphatic heterocycles. The average Bonchev–Trinajstić information content (AvgIpc) is 3.19. The van der Waals surface area contributed by atoms with E-state index in [2.05, 4.69) is 5.32 Å². The highest BCUT2D eigenvalue weighted by Crippen LogP contribution is 2.34. The van der Waals surface area contributed by atoms with Gasteiger partial charge in [-0.2, -0.15) is 0 Å². The van der Waals surface area contributed by atoms with Gasteiger partial charge in [0.15, 0.2) is 0 Å². The van der Waals surface area contributed by atoms with E-state index in [9.17, 15) is 14.4 Å². The Morgan fingerprint density at radius 2 is 2.03 bits per heavy atom. The number of carbonyl (C=O) groups excluding carboxylic acids is 3. The highest BCUT2D eigenvalue weighted by molar-refractivity contribution is 6.31. The van der Waals surface area contributed by atoms with Crippen LogP contribution in [0.4, 0.5) is 11.4 Å². The largest absolute Gasteiger partial charge is 0.495 e. The fraction of sp³-hybridized carbons (Fsp3) is 0.286. The van der Waals surface area contributed by atoms with E-state index in [1.54, 1.807) is 47.4 Å². The van der Waals surface area contributed by atoms with Gasteiger partial charge in [0, 0.05) is 11.6 Å². The van der Waals surface area contributed by atoms with Crippen LogP contribution >= 0.6 is 11.6 Å². The number of hydrogen-bond donors (Lipinski definition) is 1. The first kappa shape index (κ1) is 19.3. The van der Waals surface area contributed by atoms with Crippen LogP contribution in [0.15, 0.2) is 42.5 Å². The Morgan fingerprint density at radius 1 is 1.24 bits per heavy atom. The normalized spacial score (nSPS) is 18.2.